The maximum Gasteiger partial charge on any atom is 0.202 e. The minimum atomic E-state index is 0.259. The van der Waals surface area contributed by atoms with Gasteiger partial charge in [0, 0.05) is 24.7 Å². The van der Waals surface area contributed by atoms with Crippen molar-refractivity contribution < 1.29 is 5.11 Å². The van der Waals surface area contributed by atoms with Crippen LogP contribution in [0.1, 0.15) is 25.6 Å². The second kappa shape index (κ2) is 5.93. The highest BCUT2D eigenvalue weighted by molar-refractivity contribution is 7.09. The lowest BCUT2D eigenvalue weighted by Gasteiger charge is -2.12. The summed E-state index contributed by atoms with van der Waals surface area (Å²) in [6, 6.07) is 0. The van der Waals surface area contributed by atoms with Crippen molar-refractivity contribution in [3.8, 4) is 0 Å². The molecule has 0 aliphatic carbocycles. The van der Waals surface area contributed by atoms with Crippen molar-refractivity contribution in [1.29, 1.82) is 0 Å². The Hall–Kier alpha value is -0.680. The van der Waals surface area contributed by atoms with Crippen molar-refractivity contribution in [3.05, 3.63) is 5.82 Å². The molecule has 0 aromatic carbocycles. The van der Waals surface area contributed by atoms with E-state index in [9.17, 15) is 0 Å². The maximum absolute atomic E-state index is 8.82. The number of hydrogen-bond acceptors (Lipinski definition) is 5. The minimum Gasteiger partial charge on any atom is -0.396 e. The van der Waals surface area contributed by atoms with Crippen LogP contribution in [0.5, 0.6) is 0 Å². The zero-order chi connectivity index (χ0) is 10.4. The van der Waals surface area contributed by atoms with Gasteiger partial charge in [0.05, 0.1) is 0 Å². The van der Waals surface area contributed by atoms with Gasteiger partial charge in [-0.05, 0) is 19.3 Å². The van der Waals surface area contributed by atoms with Crippen LogP contribution in [0.2, 0.25) is 0 Å². The highest BCUT2D eigenvalue weighted by Gasteiger charge is 2.06. The van der Waals surface area contributed by atoms with Gasteiger partial charge in [0.25, 0.3) is 0 Å². The second-order valence-corrected chi connectivity index (χ2v) is 4.07. The number of aliphatic hydroxyl groups excluding tert-OH is 1. The lowest BCUT2D eigenvalue weighted by Crippen LogP contribution is -2.14. The van der Waals surface area contributed by atoms with Gasteiger partial charge in [0.15, 0.2) is 0 Å². The van der Waals surface area contributed by atoms with Crippen LogP contribution in [0.25, 0.3) is 0 Å². The van der Waals surface area contributed by atoms with E-state index < -0.39 is 0 Å². The van der Waals surface area contributed by atoms with Gasteiger partial charge in [-0.3, -0.25) is 0 Å². The van der Waals surface area contributed by atoms with E-state index in [-0.39, 0.29) is 6.61 Å². The zero-order valence-corrected chi connectivity index (χ0v) is 9.47. The third-order valence-electron chi connectivity index (χ3n) is 2.18. The molecule has 0 saturated heterocycles. The van der Waals surface area contributed by atoms with Crippen LogP contribution in [0.4, 0.5) is 5.13 Å². The molecule has 1 heterocycles. The van der Waals surface area contributed by atoms with E-state index in [4.69, 9.17) is 5.11 Å². The molecule has 0 fully saturated rings. The first-order chi connectivity index (χ1) is 6.76. The summed E-state index contributed by atoms with van der Waals surface area (Å²) in [4.78, 5) is 4.21. The predicted molar refractivity (Wildman–Crippen MR) is 58.6 cm³/mol. The quantitative estimate of drug-likeness (QED) is 0.758. The van der Waals surface area contributed by atoms with Crippen LogP contribution in [0.3, 0.4) is 0 Å². The summed E-state index contributed by atoms with van der Waals surface area (Å²) in [5.41, 5.74) is 0. The number of nitrogens with one attached hydrogen (secondary N) is 1. The molecule has 80 valence electrons. The smallest absolute Gasteiger partial charge is 0.202 e. The van der Waals surface area contributed by atoms with Crippen LogP contribution in [-0.4, -0.2) is 27.6 Å². The Balaban J connectivity index is 2.31. The number of hydrogen-bond donors (Lipinski definition) is 2. The number of rotatable bonds is 6. The van der Waals surface area contributed by atoms with Gasteiger partial charge in [-0.25, -0.2) is 4.98 Å². The molecule has 2 N–H and O–H groups in total. The first kappa shape index (κ1) is 11.4. The normalized spacial score (nSPS) is 12.8. The SMILES string of the molecule is CCC(CCO)CNc1nc(C)ns1. The van der Waals surface area contributed by atoms with Crippen LogP contribution < -0.4 is 5.32 Å². The summed E-state index contributed by atoms with van der Waals surface area (Å²) >= 11 is 1.39. The van der Waals surface area contributed by atoms with Crippen molar-refractivity contribution in [2.24, 2.45) is 5.92 Å². The molecule has 14 heavy (non-hydrogen) atoms. The van der Waals surface area contributed by atoms with Crippen LogP contribution in [0.15, 0.2) is 0 Å². The summed E-state index contributed by atoms with van der Waals surface area (Å²) in [5, 5.41) is 12.9. The van der Waals surface area contributed by atoms with Crippen LogP contribution >= 0.6 is 11.5 Å². The van der Waals surface area contributed by atoms with E-state index in [1.165, 1.54) is 11.5 Å². The molecule has 1 atom stereocenters. The molecule has 1 unspecified atom stereocenters. The molecule has 0 aliphatic rings. The fourth-order valence-corrected chi connectivity index (χ4v) is 1.81. The first-order valence-corrected chi connectivity index (χ1v) is 5.68. The molecule has 0 bridgehead atoms. The topological polar surface area (TPSA) is 58.0 Å². The van der Waals surface area contributed by atoms with Gasteiger partial charge in [-0.2, -0.15) is 4.37 Å². The van der Waals surface area contributed by atoms with E-state index in [2.05, 4.69) is 21.6 Å². The molecule has 5 heteroatoms. The number of aromatic nitrogens is 2. The number of aryl methyl sites for hydroxylation is 1. The molecule has 1 aromatic rings. The Morgan fingerprint density at radius 2 is 2.36 bits per heavy atom. The van der Waals surface area contributed by atoms with Gasteiger partial charge in [-0.15, -0.1) is 0 Å². The van der Waals surface area contributed by atoms with Gasteiger partial charge >= 0.3 is 0 Å². The second-order valence-electron chi connectivity index (χ2n) is 3.31. The third-order valence-corrected chi connectivity index (χ3v) is 2.95. The molecular weight excluding hydrogens is 198 g/mol. The van der Waals surface area contributed by atoms with Gasteiger partial charge < -0.3 is 10.4 Å². The van der Waals surface area contributed by atoms with Crippen molar-refractivity contribution in [3.63, 3.8) is 0 Å². The van der Waals surface area contributed by atoms with E-state index in [1.54, 1.807) is 0 Å². The summed E-state index contributed by atoms with van der Waals surface area (Å²) in [5.74, 6) is 1.33. The van der Waals surface area contributed by atoms with E-state index >= 15 is 0 Å². The molecule has 0 radical (unpaired) electrons. The lowest BCUT2D eigenvalue weighted by atomic mass is 10.0. The van der Waals surface area contributed by atoms with Crippen molar-refractivity contribution >= 4 is 16.7 Å². The number of nitrogens with zero attached hydrogens (tertiary/aromatic N) is 2. The molecule has 1 aromatic heterocycles. The number of anilines is 1. The summed E-state index contributed by atoms with van der Waals surface area (Å²) in [6.45, 7) is 5.14. The Morgan fingerprint density at radius 1 is 1.57 bits per heavy atom. The fraction of sp³-hybridized carbons (Fsp3) is 0.778. The molecule has 0 spiro atoms. The van der Waals surface area contributed by atoms with Crippen molar-refractivity contribution in [1.82, 2.24) is 9.36 Å². The Kier molecular flexibility index (Phi) is 4.82. The molecular formula is C9H17N3OS. The van der Waals surface area contributed by atoms with Crippen molar-refractivity contribution in [2.45, 2.75) is 26.7 Å². The molecule has 0 saturated carbocycles. The van der Waals surface area contributed by atoms with E-state index in [0.29, 0.717) is 5.92 Å². The first-order valence-electron chi connectivity index (χ1n) is 4.91. The van der Waals surface area contributed by atoms with E-state index in [0.717, 1.165) is 30.3 Å². The summed E-state index contributed by atoms with van der Waals surface area (Å²) < 4.78 is 4.09. The summed E-state index contributed by atoms with van der Waals surface area (Å²) in [6.07, 6.45) is 1.92. The third kappa shape index (κ3) is 3.59. The standard InChI is InChI=1S/C9H17N3OS/c1-3-8(4-5-13)6-10-9-11-7(2)12-14-9/h8,13H,3-6H2,1-2H3,(H,10,11,12). The highest BCUT2D eigenvalue weighted by Crippen LogP contribution is 2.13. The monoisotopic (exact) mass is 215 g/mol. The minimum absolute atomic E-state index is 0.259. The number of aliphatic hydroxyl groups is 1. The Morgan fingerprint density at radius 3 is 2.86 bits per heavy atom. The van der Waals surface area contributed by atoms with Crippen molar-refractivity contribution in [2.75, 3.05) is 18.5 Å². The Labute approximate surface area is 88.6 Å². The average Bonchev–Trinajstić information content (AvgIpc) is 2.59. The molecule has 0 amide bonds. The van der Waals surface area contributed by atoms with Gasteiger partial charge in [0.1, 0.15) is 5.82 Å². The van der Waals surface area contributed by atoms with Gasteiger partial charge in [-0.1, -0.05) is 13.3 Å². The molecule has 4 nitrogen and oxygen atoms in total. The highest BCUT2D eigenvalue weighted by atomic mass is 32.1. The van der Waals surface area contributed by atoms with Crippen LogP contribution in [0, 0.1) is 12.8 Å². The fourth-order valence-electron chi connectivity index (χ4n) is 1.23. The maximum atomic E-state index is 8.82. The summed E-state index contributed by atoms with van der Waals surface area (Å²) in [7, 11) is 0. The Bertz CT molecular complexity index is 264. The molecule has 1 rings (SSSR count). The van der Waals surface area contributed by atoms with Crippen LogP contribution in [-0.2, 0) is 0 Å². The average molecular weight is 215 g/mol. The van der Waals surface area contributed by atoms with E-state index in [1.807, 2.05) is 6.92 Å². The predicted octanol–water partition coefficient (Wildman–Crippen LogP) is 1.67. The molecule has 0 aliphatic heterocycles. The largest absolute Gasteiger partial charge is 0.396 e. The lowest BCUT2D eigenvalue weighted by molar-refractivity contribution is 0.258. The van der Waals surface area contributed by atoms with Gasteiger partial charge in [0.2, 0.25) is 5.13 Å². The zero-order valence-electron chi connectivity index (χ0n) is 8.66.